The lowest BCUT2D eigenvalue weighted by Gasteiger charge is -2.16. The van der Waals surface area contributed by atoms with E-state index in [0.29, 0.717) is 17.2 Å². The van der Waals surface area contributed by atoms with Crippen LogP contribution in [-0.2, 0) is 6.18 Å². The minimum absolute atomic E-state index is 0.170. The summed E-state index contributed by atoms with van der Waals surface area (Å²) in [7, 11) is 0. The average Bonchev–Trinajstić information content (AvgIpc) is 2.64. The molecule has 136 valence electrons. The lowest BCUT2D eigenvalue weighted by Crippen LogP contribution is -2.21. The number of nitrogens with one attached hydrogen (secondary N) is 1. The number of alkyl halides is 3. The summed E-state index contributed by atoms with van der Waals surface area (Å²) in [5, 5.41) is 5.89. The Kier molecular flexibility index (Phi) is 5.89. The van der Waals surface area contributed by atoms with E-state index in [-0.39, 0.29) is 6.04 Å². The van der Waals surface area contributed by atoms with E-state index < -0.39 is 11.7 Å². The predicted molar refractivity (Wildman–Crippen MR) is 103 cm³/mol. The molecule has 3 aromatic carbocycles. The summed E-state index contributed by atoms with van der Waals surface area (Å²) in [6, 6.07) is 20.2. The van der Waals surface area contributed by atoms with Crippen molar-refractivity contribution in [2.75, 3.05) is 12.3 Å². The lowest BCUT2D eigenvalue weighted by atomic mass is 10.00. The molecule has 26 heavy (non-hydrogen) atoms. The largest absolute Gasteiger partial charge is 0.416 e. The van der Waals surface area contributed by atoms with Gasteiger partial charge in [0.05, 0.1) is 5.56 Å². The summed E-state index contributed by atoms with van der Waals surface area (Å²) in [4.78, 5) is 0.638. The molecule has 0 radical (unpaired) electrons. The van der Waals surface area contributed by atoms with E-state index in [1.165, 1.54) is 40.2 Å². The first-order valence-corrected chi connectivity index (χ1v) is 9.45. The van der Waals surface area contributed by atoms with Crippen LogP contribution in [0.3, 0.4) is 0 Å². The molecule has 0 aliphatic heterocycles. The zero-order chi connectivity index (χ0) is 18.6. The van der Waals surface area contributed by atoms with Gasteiger partial charge < -0.3 is 5.32 Å². The van der Waals surface area contributed by atoms with E-state index in [9.17, 15) is 13.2 Å². The standard InChI is InChI=1S/C21H20F3NS/c1-15(19-11-4-7-16-6-2-3-10-20(16)19)25-12-13-26-18-9-5-8-17(14-18)21(22,23)24/h2-11,14-15,25H,12-13H2,1H3. The molecule has 0 saturated carbocycles. The Labute approximate surface area is 155 Å². The van der Waals surface area contributed by atoms with Gasteiger partial charge in [0.25, 0.3) is 0 Å². The number of rotatable bonds is 6. The summed E-state index contributed by atoms with van der Waals surface area (Å²) in [5.41, 5.74) is 0.631. The van der Waals surface area contributed by atoms with Gasteiger partial charge in [0.2, 0.25) is 0 Å². The van der Waals surface area contributed by atoms with Crippen molar-refractivity contribution in [2.45, 2.75) is 24.0 Å². The van der Waals surface area contributed by atoms with E-state index in [1.807, 2.05) is 18.2 Å². The summed E-state index contributed by atoms with van der Waals surface area (Å²) < 4.78 is 38.3. The van der Waals surface area contributed by atoms with Gasteiger partial charge in [-0.25, -0.2) is 0 Å². The van der Waals surface area contributed by atoms with E-state index in [2.05, 4.69) is 36.5 Å². The molecule has 3 aromatic rings. The molecule has 0 heterocycles. The second-order valence-corrected chi connectivity index (χ2v) is 7.29. The fourth-order valence-corrected chi connectivity index (χ4v) is 3.79. The zero-order valence-electron chi connectivity index (χ0n) is 14.4. The van der Waals surface area contributed by atoms with Gasteiger partial charge in [-0.1, -0.05) is 48.5 Å². The molecule has 1 nitrogen and oxygen atoms in total. The third-order valence-corrected chi connectivity index (χ3v) is 5.27. The van der Waals surface area contributed by atoms with Gasteiger partial charge in [0, 0.05) is 23.2 Å². The topological polar surface area (TPSA) is 12.0 Å². The molecule has 1 N–H and O–H groups in total. The average molecular weight is 375 g/mol. The predicted octanol–water partition coefficient (Wildman–Crippen LogP) is 6.30. The molecule has 0 aromatic heterocycles. The molecule has 1 unspecified atom stereocenters. The highest BCUT2D eigenvalue weighted by Gasteiger charge is 2.30. The third-order valence-electron chi connectivity index (χ3n) is 4.27. The van der Waals surface area contributed by atoms with E-state index in [1.54, 1.807) is 6.07 Å². The molecule has 0 amide bonds. The van der Waals surface area contributed by atoms with Crippen LogP contribution in [0, 0.1) is 0 Å². The number of hydrogen-bond acceptors (Lipinski definition) is 2. The fourth-order valence-electron chi connectivity index (χ4n) is 2.94. The molecule has 5 heteroatoms. The number of hydrogen-bond donors (Lipinski definition) is 1. The van der Waals surface area contributed by atoms with Crippen molar-refractivity contribution in [1.29, 1.82) is 0 Å². The molecule has 0 fully saturated rings. The number of thioether (sulfide) groups is 1. The number of halogens is 3. The Morgan fingerprint density at radius 2 is 1.69 bits per heavy atom. The first kappa shape index (κ1) is 18.8. The van der Waals surface area contributed by atoms with Crippen molar-refractivity contribution in [2.24, 2.45) is 0 Å². The molecule has 0 aliphatic carbocycles. The highest BCUT2D eigenvalue weighted by molar-refractivity contribution is 7.99. The second-order valence-electron chi connectivity index (χ2n) is 6.12. The highest BCUT2D eigenvalue weighted by atomic mass is 32.2. The van der Waals surface area contributed by atoms with Gasteiger partial charge in [0.1, 0.15) is 0 Å². The molecule has 0 aliphatic rings. The Morgan fingerprint density at radius 1 is 0.962 bits per heavy atom. The van der Waals surface area contributed by atoms with E-state index >= 15 is 0 Å². The quantitative estimate of drug-likeness (QED) is 0.401. The maximum Gasteiger partial charge on any atom is 0.416 e. The zero-order valence-corrected chi connectivity index (χ0v) is 15.2. The first-order chi connectivity index (χ1) is 12.4. The normalized spacial score (nSPS) is 13.1. The van der Waals surface area contributed by atoms with Crippen molar-refractivity contribution < 1.29 is 13.2 Å². The van der Waals surface area contributed by atoms with Crippen LogP contribution in [0.2, 0.25) is 0 Å². The number of fused-ring (bicyclic) bond motifs is 1. The Morgan fingerprint density at radius 3 is 2.50 bits per heavy atom. The third kappa shape index (κ3) is 4.59. The van der Waals surface area contributed by atoms with Crippen molar-refractivity contribution in [3.05, 3.63) is 77.9 Å². The minimum atomic E-state index is -4.29. The fraction of sp³-hybridized carbons (Fsp3) is 0.238. The number of benzene rings is 3. The van der Waals surface area contributed by atoms with Gasteiger partial charge in [-0.3, -0.25) is 0 Å². The first-order valence-electron chi connectivity index (χ1n) is 8.46. The SMILES string of the molecule is CC(NCCSc1cccc(C(F)(F)F)c1)c1cccc2ccccc12. The molecule has 0 bridgehead atoms. The minimum Gasteiger partial charge on any atom is -0.309 e. The van der Waals surface area contributed by atoms with Crippen molar-refractivity contribution in [3.8, 4) is 0 Å². The van der Waals surface area contributed by atoms with Crippen LogP contribution >= 0.6 is 11.8 Å². The summed E-state index contributed by atoms with van der Waals surface area (Å²) in [6.45, 7) is 2.82. The van der Waals surface area contributed by atoms with Crippen molar-refractivity contribution >= 4 is 22.5 Å². The van der Waals surface area contributed by atoms with Crippen molar-refractivity contribution in [1.82, 2.24) is 5.32 Å². The Balaban J connectivity index is 1.57. The van der Waals surface area contributed by atoms with Crippen LogP contribution in [0.5, 0.6) is 0 Å². The lowest BCUT2D eigenvalue weighted by molar-refractivity contribution is -0.137. The van der Waals surface area contributed by atoms with Gasteiger partial charge in [0.15, 0.2) is 0 Å². The van der Waals surface area contributed by atoms with Gasteiger partial charge >= 0.3 is 6.18 Å². The van der Waals surface area contributed by atoms with Crippen LogP contribution in [0.25, 0.3) is 10.8 Å². The van der Waals surface area contributed by atoms with E-state index in [4.69, 9.17) is 0 Å². The molecule has 0 saturated heterocycles. The molecular formula is C21H20F3NS. The van der Waals surface area contributed by atoms with E-state index in [0.717, 1.165) is 6.07 Å². The smallest absolute Gasteiger partial charge is 0.309 e. The Bertz CT molecular complexity index is 871. The van der Waals surface area contributed by atoms with Gasteiger partial charge in [-0.05, 0) is 41.5 Å². The monoisotopic (exact) mass is 375 g/mol. The van der Waals surface area contributed by atoms with Crippen LogP contribution in [0.15, 0.2) is 71.6 Å². The molecule has 3 rings (SSSR count). The molecule has 1 atom stereocenters. The summed E-state index contributed by atoms with van der Waals surface area (Å²) >= 11 is 1.43. The summed E-state index contributed by atoms with van der Waals surface area (Å²) in [5.74, 6) is 0.705. The Hall–Kier alpha value is -1.98. The molecular weight excluding hydrogens is 355 g/mol. The summed E-state index contributed by atoms with van der Waals surface area (Å²) in [6.07, 6.45) is -4.29. The van der Waals surface area contributed by atoms with Crippen LogP contribution < -0.4 is 5.32 Å². The van der Waals surface area contributed by atoms with Gasteiger partial charge in [-0.15, -0.1) is 11.8 Å². The maximum absolute atomic E-state index is 12.8. The van der Waals surface area contributed by atoms with Crippen LogP contribution in [-0.4, -0.2) is 12.3 Å². The van der Waals surface area contributed by atoms with Gasteiger partial charge in [-0.2, -0.15) is 13.2 Å². The van der Waals surface area contributed by atoms with Crippen molar-refractivity contribution in [3.63, 3.8) is 0 Å². The van der Waals surface area contributed by atoms with Crippen LogP contribution in [0.4, 0.5) is 13.2 Å². The van der Waals surface area contributed by atoms with Crippen LogP contribution in [0.1, 0.15) is 24.1 Å². The highest BCUT2D eigenvalue weighted by Crippen LogP contribution is 2.32. The molecule has 0 spiro atoms. The maximum atomic E-state index is 12.8. The second kappa shape index (κ2) is 8.14.